The lowest BCUT2D eigenvalue weighted by Gasteiger charge is -2.32. The Morgan fingerprint density at radius 1 is 1.00 bits per heavy atom. The average Bonchev–Trinajstić information content (AvgIpc) is 2.59. The number of halogens is 6. The van der Waals surface area contributed by atoms with Crippen LogP contribution in [0.1, 0.15) is 18.4 Å². The first-order chi connectivity index (χ1) is 13.0. The Morgan fingerprint density at radius 2 is 1.61 bits per heavy atom. The third-order valence-electron chi connectivity index (χ3n) is 4.35. The molecule has 0 radical (unpaired) electrons. The van der Waals surface area contributed by atoms with Gasteiger partial charge >= 0.3 is 24.2 Å². The molecule has 0 aliphatic carbocycles. The average molecular weight is 411 g/mol. The van der Waals surface area contributed by atoms with Crippen LogP contribution in [0, 0.1) is 5.92 Å². The maximum absolute atomic E-state index is 12.9. The van der Waals surface area contributed by atoms with Gasteiger partial charge in [-0.3, -0.25) is 14.5 Å². The molecule has 1 fully saturated rings. The lowest BCUT2D eigenvalue weighted by Crippen LogP contribution is -2.44. The molecule has 2 N–H and O–H groups in total. The summed E-state index contributed by atoms with van der Waals surface area (Å²) in [6, 6.07) is 4.26. The summed E-state index contributed by atoms with van der Waals surface area (Å²) in [6.07, 6.45) is -8.14. The van der Waals surface area contributed by atoms with E-state index in [9.17, 15) is 35.9 Å². The summed E-state index contributed by atoms with van der Waals surface area (Å²) in [5.74, 6) is -2.45. The molecule has 156 valence electrons. The zero-order valence-electron chi connectivity index (χ0n) is 14.7. The van der Waals surface area contributed by atoms with E-state index in [2.05, 4.69) is 5.32 Å². The Bertz CT molecular complexity index is 697. The van der Waals surface area contributed by atoms with Crippen molar-refractivity contribution in [2.45, 2.75) is 25.2 Å². The van der Waals surface area contributed by atoms with E-state index in [1.165, 1.54) is 11.0 Å². The number of anilines is 1. The molecule has 1 aromatic carbocycles. The van der Waals surface area contributed by atoms with Crippen molar-refractivity contribution in [2.24, 2.45) is 5.92 Å². The number of hydrogen-bond acceptors (Lipinski definition) is 3. The molecule has 11 heteroatoms. The Hall–Kier alpha value is -2.30. The number of amides is 2. The standard InChI is InChI=1S/C17H19F6N3O2/c18-16(19,20)10-26-7-5-11(6-8-26)9-24-14(27)15(28)25-13-4-2-1-3-12(13)17(21,22)23/h1-4,11H,5-10H2,(H,24,27)(H,25,28). The maximum atomic E-state index is 12.9. The molecule has 5 nitrogen and oxygen atoms in total. The number of carbonyl (C=O) groups is 2. The SMILES string of the molecule is O=C(NCC1CCN(CC(F)(F)F)CC1)C(=O)Nc1ccccc1C(F)(F)F. The zero-order chi connectivity index (χ0) is 20.9. The number of likely N-dealkylation sites (tertiary alicyclic amines) is 1. The number of benzene rings is 1. The number of hydrogen-bond donors (Lipinski definition) is 2. The van der Waals surface area contributed by atoms with Crippen molar-refractivity contribution in [1.29, 1.82) is 0 Å². The van der Waals surface area contributed by atoms with Gasteiger partial charge in [0.1, 0.15) is 0 Å². The fourth-order valence-corrected chi connectivity index (χ4v) is 2.94. The van der Waals surface area contributed by atoms with Crippen LogP contribution in [0.25, 0.3) is 0 Å². The van der Waals surface area contributed by atoms with E-state index >= 15 is 0 Å². The minimum atomic E-state index is -4.69. The van der Waals surface area contributed by atoms with Gasteiger partial charge in [0.25, 0.3) is 0 Å². The van der Waals surface area contributed by atoms with Gasteiger partial charge in [0.2, 0.25) is 0 Å². The number of para-hydroxylation sites is 1. The summed E-state index contributed by atoms with van der Waals surface area (Å²) in [7, 11) is 0. The number of rotatable bonds is 4. The number of nitrogens with one attached hydrogen (secondary N) is 2. The van der Waals surface area contributed by atoms with E-state index in [-0.39, 0.29) is 25.6 Å². The van der Waals surface area contributed by atoms with Gasteiger partial charge in [0.15, 0.2) is 0 Å². The van der Waals surface area contributed by atoms with Crippen molar-refractivity contribution in [3.63, 3.8) is 0 Å². The lowest BCUT2D eigenvalue weighted by molar-refractivity contribution is -0.148. The number of piperidine rings is 1. The molecule has 1 aliphatic rings. The van der Waals surface area contributed by atoms with Crippen molar-refractivity contribution in [3.05, 3.63) is 29.8 Å². The van der Waals surface area contributed by atoms with Gasteiger partial charge in [0, 0.05) is 6.54 Å². The molecule has 2 rings (SSSR count). The van der Waals surface area contributed by atoms with Crippen LogP contribution in [0.3, 0.4) is 0 Å². The first-order valence-corrected chi connectivity index (χ1v) is 8.50. The van der Waals surface area contributed by atoms with Gasteiger partial charge in [0.05, 0.1) is 17.8 Å². The molecular weight excluding hydrogens is 392 g/mol. The Morgan fingerprint density at radius 3 is 2.18 bits per heavy atom. The third-order valence-corrected chi connectivity index (χ3v) is 4.35. The van der Waals surface area contributed by atoms with Crippen LogP contribution in [0.5, 0.6) is 0 Å². The van der Waals surface area contributed by atoms with Crippen molar-refractivity contribution in [2.75, 3.05) is 31.5 Å². The topological polar surface area (TPSA) is 61.4 Å². The van der Waals surface area contributed by atoms with Crippen LogP contribution < -0.4 is 10.6 Å². The van der Waals surface area contributed by atoms with E-state index in [1.807, 2.05) is 5.32 Å². The highest BCUT2D eigenvalue weighted by molar-refractivity contribution is 6.39. The van der Waals surface area contributed by atoms with Crippen molar-refractivity contribution in [3.8, 4) is 0 Å². The van der Waals surface area contributed by atoms with Gasteiger partial charge in [-0.25, -0.2) is 0 Å². The fraction of sp³-hybridized carbons (Fsp3) is 0.529. The van der Waals surface area contributed by atoms with Crippen LogP contribution in [0.15, 0.2) is 24.3 Å². The second kappa shape index (κ2) is 8.80. The van der Waals surface area contributed by atoms with Crippen molar-refractivity contribution < 1.29 is 35.9 Å². The van der Waals surface area contributed by atoms with Crippen LogP contribution >= 0.6 is 0 Å². The predicted molar refractivity (Wildman–Crippen MR) is 88.3 cm³/mol. The monoisotopic (exact) mass is 411 g/mol. The van der Waals surface area contributed by atoms with E-state index < -0.39 is 42.0 Å². The number of nitrogens with zero attached hydrogens (tertiary/aromatic N) is 1. The van der Waals surface area contributed by atoms with Crippen LogP contribution in [0.4, 0.5) is 32.0 Å². The molecule has 2 amide bonds. The Balaban J connectivity index is 1.81. The fourth-order valence-electron chi connectivity index (χ4n) is 2.94. The second-order valence-electron chi connectivity index (χ2n) is 6.54. The summed E-state index contributed by atoms with van der Waals surface area (Å²) in [5, 5.41) is 4.25. The van der Waals surface area contributed by atoms with E-state index in [1.54, 1.807) is 0 Å². The molecule has 1 heterocycles. The van der Waals surface area contributed by atoms with Crippen LogP contribution in [-0.2, 0) is 15.8 Å². The number of carbonyl (C=O) groups excluding carboxylic acids is 2. The molecule has 0 atom stereocenters. The molecule has 1 aliphatic heterocycles. The largest absolute Gasteiger partial charge is 0.418 e. The van der Waals surface area contributed by atoms with Crippen LogP contribution in [-0.4, -0.2) is 49.1 Å². The second-order valence-corrected chi connectivity index (χ2v) is 6.54. The highest BCUT2D eigenvalue weighted by Gasteiger charge is 2.34. The molecule has 0 aromatic heterocycles. The third kappa shape index (κ3) is 6.70. The Labute approximate surface area is 157 Å². The summed E-state index contributed by atoms with van der Waals surface area (Å²) < 4.78 is 75.7. The van der Waals surface area contributed by atoms with E-state index in [4.69, 9.17) is 0 Å². The van der Waals surface area contributed by atoms with Crippen molar-refractivity contribution in [1.82, 2.24) is 10.2 Å². The van der Waals surface area contributed by atoms with Crippen molar-refractivity contribution >= 4 is 17.5 Å². The van der Waals surface area contributed by atoms with E-state index in [0.29, 0.717) is 12.8 Å². The quantitative estimate of drug-likeness (QED) is 0.592. The molecule has 1 aromatic rings. The van der Waals surface area contributed by atoms with Gasteiger partial charge in [-0.05, 0) is 44.0 Å². The predicted octanol–water partition coefficient (Wildman–Crippen LogP) is 3.03. The van der Waals surface area contributed by atoms with E-state index in [0.717, 1.165) is 18.2 Å². The summed E-state index contributed by atoms with van der Waals surface area (Å²) in [5.41, 5.74) is -1.61. The molecular formula is C17H19F6N3O2. The van der Waals surface area contributed by atoms with Gasteiger partial charge < -0.3 is 10.6 Å². The molecule has 28 heavy (non-hydrogen) atoms. The molecule has 1 saturated heterocycles. The lowest BCUT2D eigenvalue weighted by atomic mass is 9.97. The zero-order valence-corrected chi connectivity index (χ0v) is 14.7. The molecule has 0 spiro atoms. The van der Waals surface area contributed by atoms with Gasteiger partial charge in [-0.1, -0.05) is 12.1 Å². The normalized spacial score (nSPS) is 16.6. The molecule has 0 bridgehead atoms. The highest BCUT2D eigenvalue weighted by Crippen LogP contribution is 2.34. The molecule has 0 saturated carbocycles. The smallest absolute Gasteiger partial charge is 0.348 e. The summed E-state index contributed by atoms with van der Waals surface area (Å²) in [4.78, 5) is 25.0. The van der Waals surface area contributed by atoms with Crippen LogP contribution in [0.2, 0.25) is 0 Å². The maximum Gasteiger partial charge on any atom is 0.418 e. The number of alkyl halides is 6. The minimum Gasteiger partial charge on any atom is -0.348 e. The highest BCUT2D eigenvalue weighted by atomic mass is 19.4. The first kappa shape index (κ1) is 22.0. The summed E-state index contributed by atoms with van der Waals surface area (Å²) >= 11 is 0. The van der Waals surface area contributed by atoms with Gasteiger partial charge in [-0.2, -0.15) is 26.3 Å². The Kier molecular flexibility index (Phi) is 6.91. The molecule has 0 unspecified atom stereocenters. The first-order valence-electron chi connectivity index (χ1n) is 8.50. The summed E-state index contributed by atoms with van der Waals surface area (Å²) in [6.45, 7) is -0.503. The van der Waals surface area contributed by atoms with Gasteiger partial charge in [-0.15, -0.1) is 0 Å². The minimum absolute atomic E-state index is 0.0625.